The lowest BCUT2D eigenvalue weighted by Gasteiger charge is -2.13. The van der Waals surface area contributed by atoms with Crippen LogP contribution >= 0.6 is 11.6 Å². The maximum absolute atomic E-state index is 6.26. The number of hydrogen-bond donors (Lipinski definition) is 0. The van der Waals surface area contributed by atoms with Gasteiger partial charge in [0.1, 0.15) is 28.6 Å². The lowest BCUT2D eigenvalue weighted by molar-refractivity contribution is 0.483. The number of rotatable bonds is 3. The second kappa shape index (κ2) is 6.08. The molecule has 0 fully saturated rings. The number of hydrogen-bond acceptors (Lipinski definition) is 2. The van der Waals surface area contributed by atoms with Crippen molar-refractivity contribution in [1.29, 1.82) is 0 Å². The largest absolute Gasteiger partial charge is 0.460 e. The van der Waals surface area contributed by atoms with Crippen LogP contribution in [0.1, 0.15) is 23.0 Å². The maximum atomic E-state index is 6.26. The van der Waals surface area contributed by atoms with Crippen molar-refractivity contribution in [2.75, 3.05) is 0 Å². The fourth-order valence-corrected chi connectivity index (χ4v) is 3.64. The molecule has 5 rings (SSSR count). The van der Waals surface area contributed by atoms with Gasteiger partial charge in [-0.15, -0.1) is 0 Å². The van der Waals surface area contributed by atoms with E-state index in [0.717, 1.165) is 39.0 Å². The van der Waals surface area contributed by atoms with E-state index in [-0.39, 0.29) is 5.92 Å². The van der Waals surface area contributed by atoms with E-state index in [9.17, 15) is 0 Å². The summed E-state index contributed by atoms with van der Waals surface area (Å²) in [6, 6.07) is 28.0. The van der Waals surface area contributed by atoms with E-state index in [1.54, 1.807) is 0 Å². The van der Waals surface area contributed by atoms with Crippen LogP contribution in [-0.4, -0.2) is 0 Å². The van der Waals surface area contributed by atoms with Crippen LogP contribution in [0.2, 0.25) is 5.02 Å². The van der Waals surface area contributed by atoms with E-state index >= 15 is 0 Å². The standard InChI is InChI=1S/C23H15ClO2/c24-18-9-5-8-17(12-18)23(21-13-15-6-1-3-10-19(15)25-21)22-14-16-7-2-4-11-20(16)26-22/h1-14,23H. The van der Waals surface area contributed by atoms with Gasteiger partial charge in [-0.05, 0) is 42.0 Å². The van der Waals surface area contributed by atoms with Crippen LogP contribution in [0.3, 0.4) is 0 Å². The number of fused-ring (bicyclic) bond motifs is 2. The van der Waals surface area contributed by atoms with Gasteiger partial charge in [0.15, 0.2) is 0 Å². The van der Waals surface area contributed by atoms with Crippen molar-refractivity contribution in [2.45, 2.75) is 5.92 Å². The third-order valence-electron chi connectivity index (χ3n) is 4.64. The molecule has 0 radical (unpaired) electrons. The summed E-state index contributed by atoms with van der Waals surface area (Å²) in [6.07, 6.45) is 0. The van der Waals surface area contributed by atoms with Crippen molar-refractivity contribution in [3.05, 3.63) is 107 Å². The minimum Gasteiger partial charge on any atom is -0.460 e. The summed E-state index contributed by atoms with van der Waals surface area (Å²) in [7, 11) is 0. The molecule has 0 N–H and O–H groups in total. The monoisotopic (exact) mass is 358 g/mol. The van der Waals surface area contributed by atoms with Crippen molar-refractivity contribution >= 4 is 33.5 Å². The first kappa shape index (κ1) is 15.3. The summed E-state index contributed by atoms with van der Waals surface area (Å²) >= 11 is 6.26. The molecule has 2 heterocycles. The Balaban J connectivity index is 1.74. The first-order valence-corrected chi connectivity index (χ1v) is 8.88. The molecule has 0 aliphatic carbocycles. The van der Waals surface area contributed by atoms with Gasteiger partial charge in [0.2, 0.25) is 0 Å². The topological polar surface area (TPSA) is 26.3 Å². The average Bonchev–Trinajstić information content (AvgIpc) is 3.25. The molecular weight excluding hydrogens is 344 g/mol. The van der Waals surface area contributed by atoms with Crippen molar-refractivity contribution < 1.29 is 8.83 Å². The molecule has 5 aromatic rings. The second-order valence-electron chi connectivity index (χ2n) is 6.36. The minimum absolute atomic E-state index is 0.159. The highest BCUT2D eigenvalue weighted by atomic mass is 35.5. The molecule has 2 nitrogen and oxygen atoms in total. The molecule has 0 spiro atoms. The van der Waals surface area contributed by atoms with E-state index in [2.05, 4.69) is 30.3 Å². The van der Waals surface area contributed by atoms with E-state index in [0.29, 0.717) is 5.02 Å². The molecule has 0 aliphatic heterocycles. The highest BCUT2D eigenvalue weighted by Crippen LogP contribution is 2.38. The highest BCUT2D eigenvalue weighted by Gasteiger charge is 2.25. The van der Waals surface area contributed by atoms with Gasteiger partial charge in [0, 0.05) is 15.8 Å². The van der Waals surface area contributed by atoms with E-state index < -0.39 is 0 Å². The van der Waals surface area contributed by atoms with Crippen molar-refractivity contribution in [3.63, 3.8) is 0 Å². The zero-order valence-corrected chi connectivity index (χ0v) is 14.6. The predicted molar refractivity (Wildman–Crippen MR) is 105 cm³/mol. The summed E-state index contributed by atoms with van der Waals surface area (Å²) in [6.45, 7) is 0. The van der Waals surface area contributed by atoms with Crippen LogP contribution in [0.4, 0.5) is 0 Å². The molecule has 26 heavy (non-hydrogen) atoms. The smallest absolute Gasteiger partial charge is 0.134 e. The van der Waals surface area contributed by atoms with Gasteiger partial charge in [-0.3, -0.25) is 0 Å². The Bertz CT molecular complexity index is 1080. The molecule has 0 amide bonds. The lowest BCUT2D eigenvalue weighted by atomic mass is 9.93. The molecule has 0 atom stereocenters. The third-order valence-corrected chi connectivity index (χ3v) is 4.88. The van der Waals surface area contributed by atoms with Gasteiger partial charge in [0.05, 0.1) is 0 Å². The third kappa shape index (κ3) is 2.59. The first-order valence-electron chi connectivity index (χ1n) is 8.50. The number of benzene rings is 3. The van der Waals surface area contributed by atoms with Gasteiger partial charge in [-0.2, -0.15) is 0 Å². The van der Waals surface area contributed by atoms with Gasteiger partial charge < -0.3 is 8.83 Å². The van der Waals surface area contributed by atoms with Gasteiger partial charge >= 0.3 is 0 Å². The fourth-order valence-electron chi connectivity index (χ4n) is 3.44. The molecule has 0 unspecified atom stereocenters. The summed E-state index contributed by atoms with van der Waals surface area (Å²) < 4.78 is 12.3. The zero-order chi connectivity index (χ0) is 17.5. The molecule has 3 heteroatoms. The molecule has 2 aromatic heterocycles. The van der Waals surface area contributed by atoms with Crippen molar-refractivity contribution in [2.24, 2.45) is 0 Å². The summed E-state index contributed by atoms with van der Waals surface area (Å²) in [4.78, 5) is 0. The lowest BCUT2D eigenvalue weighted by Crippen LogP contribution is -2.00. The Labute approximate surface area is 155 Å². The summed E-state index contributed by atoms with van der Waals surface area (Å²) in [5.41, 5.74) is 2.77. The van der Waals surface area contributed by atoms with E-state index in [1.165, 1.54) is 0 Å². The van der Waals surface area contributed by atoms with E-state index in [4.69, 9.17) is 20.4 Å². The minimum atomic E-state index is -0.159. The van der Waals surface area contributed by atoms with Crippen LogP contribution in [0.5, 0.6) is 0 Å². The number of furan rings is 2. The quantitative estimate of drug-likeness (QED) is 0.346. The Morgan fingerprint density at radius 1 is 0.615 bits per heavy atom. The van der Waals surface area contributed by atoms with Crippen LogP contribution < -0.4 is 0 Å². The second-order valence-corrected chi connectivity index (χ2v) is 6.80. The SMILES string of the molecule is Clc1cccc(C(c2cc3ccccc3o2)c2cc3ccccc3o2)c1. The maximum Gasteiger partial charge on any atom is 0.134 e. The molecule has 126 valence electrons. The van der Waals surface area contributed by atoms with Gasteiger partial charge in [-0.1, -0.05) is 60.1 Å². The number of halogens is 1. The van der Waals surface area contributed by atoms with Crippen LogP contribution in [-0.2, 0) is 0 Å². The summed E-state index contributed by atoms with van der Waals surface area (Å²) in [5, 5.41) is 2.84. The molecule has 0 bridgehead atoms. The Morgan fingerprint density at radius 2 is 1.19 bits per heavy atom. The van der Waals surface area contributed by atoms with Gasteiger partial charge in [-0.25, -0.2) is 0 Å². The van der Waals surface area contributed by atoms with Crippen LogP contribution in [0.25, 0.3) is 21.9 Å². The molecule has 0 saturated heterocycles. The average molecular weight is 359 g/mol. The van der Waals surface area contributed by atoms with Crippen molar-refractivity contribution in [1.82, 2.24) is 0 Å². The normalized spacial score (nSPS) is 11.6. The molecular formula is C23H15ClO2. The zero-order valence-electron chi connectivity index (χ0n) is 13.9. The Morgan fingerprint density at radius 3 is 1.73 bits per heavy atom. The van der Waals surface area contributed by atoms with Crippen LogP contribution in [0, 0.1) is 0 Å². The van der Waals surface area contributed by atoms with Crippen molar-refractivity contribution in [3.8, 4) is 0 Å². The van der Waals surface area contributed by atoms with Crippen LogP contribution in [0.15, 0.2) is 93.8 Å². The molecule has 3 aromatic carbocycles. The van der Waals surface area contributed by atoms with E-state index in [1.807, 2.05) is 54.6 Å². The molecule has 0 aliphatic rings. The summed E-state index contributed by atoms with van der Waals surface area (Å²) in [5.74, 6) is 1.52. The fraction of sp³-hybridized carbons (Fsp3) is 0.0435. The first-order chi connectivity index (χ1) is 12.8. The molecule has 0 saturated carbocycles. The Hall–Kier alpha value is -2.97. The predicted octanol–water partition coefficient (Wildman–Crippen LogP) is 7.01. The number of para-hydroxylation sites is 2. The highest BCUT2D eigenvalue weighted by molar-refractivity contribution is 6.30. The van der Waals surface area contributed by atoms with Gasteiger partial charge in [0.25, 0.3) is 0 Å². The Kier molecular flexibility index (Phi) is 3.58.